The molecule has 150 valence electrons. The molecule has 1 aliphatic rings. The highest BCUT2D eigenvalue weighted by Gasteiger charge is 2.26. The van der Waals surface area contributed by atoms with Crippen LogP contribution in [0.2, 0.25) is 0 Å². The summed E-state index contributed by atoms with van der Waals surface area (Å²) in [7, 11) is 0. The molecule has 1 aliphatic heterocycles. The van der Waals surface area contributed by atoms with Crippen molar-refractivity contribution in [2.24, 2.45) is 0 Å². The molecule has 2 nitrogen and oxygen atoms in total. The average molecular weight is 392 g/mol. The number of hydrogen-bond acceptors (Lipinski definition) is 2. The van der Waals surface area contributed by atoms with Crippen molar-refractivity contribution < 1.29 is 8.78 Å². The van der Waals surface area contributed by atoms with Crippen molar-refractivity contribution in [3.05, 3.63) is 107 Å². The number of nitrogens with one attached hydrogen (secondary N) is 1. The predicted octanol–water partition coefficient (Wildman–Crippen LogP) is 4.72. The van der Waals surface area contributed by atoms with E-state index >= 15 is 0 Å². The predicted molar refractivity (Wildman–Crippen MR) is 113 cm³/mol. The van der Waals surface area contributed by atoms with E-state index in [9.17, 15) is 8.78 Å². The summed E-state index contributed by atoms with van der Waals surface area (Å²) in [5.74, 6) is -0.979. The molecule has 4 rings (SSSR count). The van der Waals surface area contributed by atoms with E-state index in [1.54, 1.807) is 6.07 Å². The van der Waals surface area contributed by atoms with E-state index in [2.05, 4.69) is 46.6 Å². The minimum atomic E-state index is -0.526. The lowest BCUT2D eigenvalue weighted by Gasteiger charge is -2.37. The van der Waals surface area contributed by atoms with Gasteiger partial charge in [-0.3, -0.25) is 4.90 Å². The van der Waals surface area contributed by atoms with Gasteiger partial charge in [-0.05, 0) is 41.2 Å². The van der Waals surface area contributed by atoms with Gasteiger partial charge in [0.05, 0.1) is 0 Å². The van der Waals surface area contributed by atoms with Crippen molar-refractivity contribution in [1.29, 1.82) is 0 Å². The number of rotatable bonds is 7. The summed E-state index contributed by atoms with van der Waals surface area (Å²) in [6, 6.07) is 22.9. The zero-order chi connectivity index (χ0) is 20.1. The first-order valence-electron chi connectivity index (χ1n) is 10.2. The zero-order valence-corrected chi connectivity index (χ0v) is 16.5. The van der Waals surface area contributed by atoms with Gasteiger partial charge >= 0.3 is 0 Å². The number of benzene rings is 3. The molecule has 1 atom stereocenters. The molecule has 0 bridgehead atoms. The summed E-state index contributed by atoms with van der Waals surface area (Å²) in [4.78, 5) is 2.42. The maximum Gasteiger partial charge on any atom is 0.129 e. The van der Waals surface area contributed by atoms with Crippen LogP contribution in [-0.4, -0.2) is 24.0 Å². The van der Waals surface area contributed by atoms with Crippen molar-refractivity contribution in [1.82, 2.24) is 10.2 Å². The molecule has 0 aromatic heterocycles. The van der Waals surface area contributed by atoms with Gasteiger partial charge in [0.2, 0.25) is 0 Å². The summed E-state index contributed by atoms with van der Waals surface area (Å²) in [5, 5.41) is 3.51. The number of halogens is 2. The highest BCUT2D eigenvalue weighted by atomic mass is 19.1. The third-order valence-corrected chi connectivity index (χ3v) is 5.68. The molecule has 0 amide bonds. The summed E-state index contributed by atoms with van der Waals surface area (Å²) in [6.45, 7) is 3.44. The Balaban J connectivity index is 1.43. The van der Waals surface area contributed by atoms with Crippen molar-refractivity contribution >= 4 is 0 Å². The minimum Gasteiger partial charge on any atom is -0.311 e. The fourth-order valence-electron chi connectivity index (χ4n) is 4.10. The van der Waals surface area contributed by atoms with Crippen LogP contribution in [0.3, 0.4) is 0 Å². The van der Waals surface area contributed by atoms with Gasteiger partial charge in [0.25, 0.3) is 0 Å². The topological polar surface area (TPSA) is 15.3 Å². The monoisotopic (exact) mass is 392 g/mol. The Hall–Kier alpha value is -2.56. The third kappa shape index (κ3) is 5.08. The highest BCUT2D eigenvalue weighted by molar-refractivity contribution is 5.31. The molecule has 0 spiro atoms. The lowest BCUT2D eigenvalue weighted by atomic mass is 9.90. The Morgan fingerprint density at radius 1 is 0.897 bits per heavy atom. The Bertz CT molecular complexity index is 943. The standard InChI is InChI=1S/C25H26F2N2/c26-23-11-10-21(25(27)16-23)15-24-14-20-8-4-5-9-22(20)18-29(24)13-12-28-17-19-6-2-1-3-7-19/h1-11,16,24,28H,12-15,17-18H2. The minimum absolute atomic E-state index is 0.198. The molecule has 29 heavy (non-hydrogen) atoms. The molecule has 1 unspecified atom stereocenters. The van der Waals surface area contributed by atoms with Crippen molar-refractivity contribution in [2.45, 2.75) is 32.0 Å². The second-order valence-electron chi connectivity index (χ2n) is 7.70. The van der Waals surface area contributed by atoms with Crippen LogP contribution < -0.4 is 5.32 Å². The summed E-state index contributed by atoms with van der Waals surface area (Å²) >= 11 is 0. The fourth-order valence-corrected chi connectivity index (χ4v) is 4.10. The molecular weight excluding hydrogens is 366 g/mol. The Morgan fingerprint density at radius 3 is 2.45 bits per heavy atom. The van der Waals surface area contributed by atoms with Crippen LogP contribution in [-0.2, 0) is 25.9 Å². The quantitative estimate of drug-likeness (QED) is 0.585. The van der Waals surface area contributed by atoms with Gasteiger partial charge in [-0.25, -0.2) is 8.78 Å². The van der Waals surface area contributed by atoms with Crippen molar-refractivity contribution in [3.63, 3.8) is 0 Å². The smallest absolute Gasteiger partial charge is 0.129 e. The van der Waals surface area contributed by atoms with E-state index in [4.69, 9.17) is 0 Å². The lowest BCUT2D eigenvalue weighted by molar-refractivity contribution is 0.169. The summed E-state index contributed by atoms with van der Waals surface area (Å²) in [5.41, 5.74) is 4.51. The molecule has 1 N–H and O–H groups in total. The normalized spacial score (nSPS) is 16.6. The molecular formula is C25H26F2N2. The molecule has 1 heterocycles. The van der Waals surface area contributed by atoms with E-state index in [0.717, 1.165) is 38.7 Å². The van der Waals surface area contributed by atoms with Crippen LogP contribution in [0.5, 0.6) is 0 Å². The second-order valence-corrected chi connectivity index (χ2v) is 7.70. The summed E-state index contributed by atoms with van der Waals surface area (Å²) < 4.78 is 27.5. The van der Waals surface area contributed by atoms with E-state index in [0.29, 0.717) is 12.0 Å². The Kier molecular flexibility index (Phi) is 6.33. The van der Waals surface area contributed by atoms with Gasteiger partial charge in [-0.2, -0.15) is 0 Å². The van der Waals surface area contributed by atoms with Crippen LogP contribution in [0.1, 0.15) is 22.3 Å². The first kappa shape index (κ1) is 19.7. The van der Waals surface area contributed by atoms with Crippen LogP contribution in [0.25, 0.3) is 0 Å². The van der Waals surface area contributed by atoms with Crippen molar-refractivity contribution in [3.8, 4) is 0 Å². The van der Waals surface area contributed by atoms with E-state index in [-0.39, 0.29) is 6.04 Å². The van der Waals surface area contributed by atoms with Gasteiger partial charge in [-0.1, -0.05) is 60.7 Å². The molecule has 0 saturated carbocycles. The lowest BCUT2D eigenvalue weighted by Crippen LogP contribution is -2.44. The van der Waals surface area contributed by atoms with Gasteiger partial charge in [0.1, 0.15) is 11.6 Å². The maximum atomic E-state index is 14.3. The second kappa shape index (κ2) is 9.29. The van der Waals surface area contributed by atoms with Crippen LogP contribution >= 0.6 is 0 Å². The first-order chi connectivity index (χ1) is 14.2. The molecule has 0 aliphatic carbocycles. The van der Waals surface area contributed by atoms with Crippen LogP contribution in [0, 0.1) is 11.6 Å². The van der Waals surface area contributed by atoms with E-state index < -0.39 is 11.6 Å². The Morgan fingerprint density at radius 2 is 1.66 bits per heavy atom. The van der Waals surface area contributed by atoms with Crippen molar-refractivity contribution in [2.75, 3.05) is 13.1 Å². The number of nitrogens with zero attached hydrogens (tertiary/aromatic N) is 1. The maximum absolute atomic E-state index is 14.3. The fraction of sp³-hybridized carbons (Fsp3) is 0.280. The molecule has 0 fully saturated rings. The highest BCUT2D eigenvalue weighted by Crippen LogP contribution is 2.26. The van der Waals surface area contributed by atoms with Crippen LogP contribution in [0.15, 0.2) is 72.8 Å². The van der Waals surface area contributed by atoms with Gasteiger partial charge in [0.15, 0.2) is 0 Å². The van der Waals surface area contributed by atoms with E-state index in [1.165, 1.54) is 22.8 Å². The van der Waals surface area contributed by atoms with E-state index in [1.807, 2.05) is 18.2 Å². The third-order valence-electron chi connectivity index (χ3n) is 5.68. The van der Waals surface area contributed by atoms with Gasteiger partial charge in [0, 0.05) is 38.3 Å². The molecule has 0 saturated heterocycles. The molecule has 3 aromatic rings. The Labute approximate surface area is 171 Å². The molecule has 4 heteroatoms. The molecule has 3 aromatic carbocycles. The number of hydrogen-bond donors (Lipinski definition) is 1. The first-order valence-corrected chi connectivity index (χ1v) is 10.2. The molecule has 0 radical (unpaired) electrons. The van der Waals surface area contributed by atoms with Crippen LogP contribution in [0.4, 0.5) is 8.78 Å². The zero-order valence-electron chi connectivity index (χ0n) is 16.5. The SMILES string of the molecule is Fc1ccc(CC2Cc3ccccc3CN2CCNCc2ccccc2)c(F)c1. The average Bonchev–Trinajstić information content (AvgIpc) is 2.74. The summed E-state index contributed by atoms with van der Waals surface area (Å²) in [6.07, 6.45) is 1.46. The van der Waals surface area contributed by atoms with Gasteiger partial charge < -0.3 is 5.32 Å². The van der Waals surface area contributed by atoms with Gasteiger partial charge in [-0.15, -0.1) is 0 Å². The largest absolute Gasteiger partial charge is 0.311 e. The number of fused-ring (bicyclic) bond motifs is 1.